The van der Waals surface area contributed by atoms with E-state index in [1.54, 1.807) is 18.3 Å². The van der Waals surface area contributed by atoms with Crippen molar-refractivity contribution < 1.29 is 4.92 Å². The zero-order valence-electron chi connectivity index (χ0n) is 11.5. The van der Waals surface area contributed by atoms with E-state index in [0.29, 0.717) is 0 Å². The van der Waals surface area contributed by atoms with Crippen molar-refractivity contribution in [1.29, 1.82) is 0 Å². The summed E-state index contributed by atoms with van der Waals surface area (Å²) in [6.45, 7) is 0. The van der Waals surface area contributed by atoms with Crippen LogP contribution in [-0.2, 0) is 0 Å². The molecule has 0 saturated heterocycles. The van der Waals surface area contributed by atoms with Crippen LogP contribution in [0.3, 0.4) is 0 Å². The molecule has 1 unspecified atom stereocenters. The summed E-state index contributed by atoms with van der Waals surface area (Å²) in [6.07, 6.45) is 2.51. The van der Waals surface area contributed by atoms with E-state index in [1.807, 2.05) is 30.3 Å². The van der Waals surface area contributed by atoms with E-state index in [-0.39, 0.29) is 11.7 Å². The third-order valence-electron chi connectivity index (χ3n) is 3.56. The van der Waals surface area contributed by atoms with E-state index in [0.717, 1.165) is 23.4 Å². The van der Waals surface area contributed by atoms with E-state index < -0.39 is 4.92 Å². The Balaban J connectivity index is 1.82. The highest BCUT2D eigenvalue weighted by Gasteiger charge is 2.27. The van der Waals surface area contributed by atoms with Crippen molar-refractivity contribution in [2.24, 2.45) is 5.10 Å². The highest BCUT2D eigenvalue weighted by molar-refractivity contribution is 6.01. The van der Waals surface area contributed by atoms with Crippen LogP contribution in [0.15, 0.2) is 53.8 Å². The first-order valence-electron chi connectivity index (χ1n) is 6.61. The number of pyridine rings is 1. The molecule has 0 amide bonds. The van der Waals surface area contributed by atoms with Gasteiger partial charge in [-0.15, -0.1) is 0 Å². The van der Waals surface area contributed by atoms with Gasteiger partial charge in [-0.2, -0.15) is 5.10 Å². The fourth-order valence-corrected chi connectivity index (χ4v) is 2.44. The van der Waals surface area contributed by atoms with Crippen molar-refractivity contribution in [2.75, 3.05) is 7.05 Å². The number of non-ortho nitro benzene ring substituents is 1. The number of nitrogens with zero attached hydrogens (tertiary/aromatic N) is 4. The van der Waals surface area contributed by atoms with Crippen molar-refractivity contribution in [3.8, 4) is 0 Å². The second-order valence-electron chi connectivity index (χ2n) is 4.90. The second-order valence-corrected chi connectivity index (χ2v) is 4.90. The molecule has 1 aromatic heterocycles. The minimum atomic E-state index is -0.400. The van der Waals surface area contributed by atoms with E-state index >= 15 is 0 Å². The summed E-state index contributed by atoms with van der Waals surface area (Å²) in [5.74, 6) is 0. The lowest BCUT2D eigenvalue weighted by Gasteiger charge is -2.17. The van der Waals surface area contributed by atoms with Crippen molar-refractivity contribution in [2.45, 2.75) is 12.5 Å². The molecule has 0 radical (unpaired) electrons. The number of hydrogen-bond acceptors (Lipinski definition) is 5. The van der Waals surface area contributed by atoms with Gasteiger partial charge in [-0.1, -0.05) is 6.07 Å². The van der Waals surface area contributed by atoms with E-state index in [1.165, 1.54) is 12.1 Å². The highest BCUT2D eigenvalue weighted by Crippen LogP contribution is 2.30. The van der Waals surface area contributed by atoms with Gasteiger partial charge in [-0.05, 0) is 29.8 Å². The third kappa shape index (κ3) is 2.60. The van der Waals surface area contributed by atoms with Gasteiger partial charge in [0.05, 0.1) is 22.4 Å². The summed E-state index contributed by atoms with van der Waals surface area (Å²) in [7, 11) is 1.91. The number of nitro benzene ring substituents is 1. The van der Waals surface area contributed by atoms with Crippen LogP contribution >= 0.6 is 0 Å². The first kappa shape index (κ1) is 13.2. The Bertz CT molecular complexity index is 683. The Hall–Kier alpha value is -2.76. The van der Waals surface area contributed by atoms with Gasteiger partial charge in [0.25, 0.3) is 5.69 Å². The first-order chi connectivity index (χ1) is 10.1. The van der Waals surface area contributed by atoms with Gasteiger partial charge >= 0.3 is 0 Å². The minimum absolute atomic E-state index is 0.0898. The molecule has 2 heterocycles. The molecule has 2 aromatic rings. The smallest absolute Gasteiger partial charge is 0.269 e. The van der Waals surface area contributed by atoms with Crippen LogP contribution in [0.4, 0.5) is 5.69 Å². The predicted octanol–water partition coefficient (Wildman–Crippen LogP) is 2.77. The lowest BCUT2D eigenvalue weighted by molar-refractivity contribution is -0.384. The van der Waals surface area contributed by atoms with Crippen molar-refractivity contribution in [3.63, 3.8) is 0 Å². The fourth-order valence-electron chi connectivity index (χ4n) is 2.44. The normalized spacial score (nSPS) is 17.7. The van der Waals surface area contributed by atoms with Crippen LogP contribution in [0, 0.1) is 10.1 Å². The average Bonchev–Trinajstić information content (AvgIpc) is 2.90. The van der Waals surface area contributed by atoms with Crippen LogP contribution in [0.5, 0.6) is 0 Å². The van der Waals surface area contributed by atoms with Crippen LogP contribution in [0.2, 0.25) is 0 Å². The lowest BCUT2D eigenvalue weighted by Crippen LogP contribution is -2.15. The molecule has 0 N–H and O–H groups in total. The molecule has 6 heteroatoms. The Morgan fingerprint density at radius 3 is 2.62 bits per heavy atom. The number of benzene rings is 1. The molecule has 1 aromatic carbocycles. The van der Waals surface area contributed by atoms with Gasteiger partial charge in [0, 0.05) is 31.8 Å². The Labute approximate surface area is 121 Å². The summed E-state index contributed by atoms with van der Waals surface area (Å²) in [6, 6.07) is 12.4. The zero-order valence-corrected chi connectivity index (χ0v) is 11.5. The minimum Gasteiger partial charge on any atom is -0.290 e. The van der Waals surface area contributed by atoms with Crippen LogP contribution < -0.4 is 0 Å². The maximum atomic E-state index is 10.7. The van der Waals surface area contributed by atoms with E-state index in [4.69, 9.17) is 0 Å². The number of hydrogen-bond donors (Lipinski definition) is 0. The topological polar surface area (TPSA) is 71.6 Å². The Morgan fingerprint density at radius 2 is 2.00 bits per heavy atom. The maximum absolute atomic E-state index is 10.7. The second kappa shape index (κ2) is 5.32. The monoisotopic (exact) mass is 282 g/mol. The molecule has 0 aliphatic carbocycles. The molecular formula is C15H14N4O2. The lowest BCUT2D eigenvalue weighted by atomic mass is 10.0. The van der Waals surface area contributed by atoms with Crippen LogP contribution in [0.1, 0.15) is 23.7 Å². The number of aromatic nitrogens is 1. The number of rotatable bonds is 3. The Kier molecular flexibility index (Phi) is 3.35. The van der Waals surface area contributed by atoms with Gasteiger partial charge < -0.3 is 0 Å². The largest absolute Gasteiger partial charge is 0.290 e. The molecule has 1 aliphatic heterocycles. The molecule has 0 fully saturated rings. The van der Waals surface area contributed by atoms with Gasteiger partial charge in [0.2, 0.25) is 0 Å². The zero-order chi connectivity index (χ0) is 14.8. The molecule has 1 atom stereocenters. The summed E-state index contributed by atoms with van der Waals surface area (Å²) in [5, 5.41) is 17.1. The molecule has 0 saturated carbocycles. The third-order valence-corrected chi connectivity index (χ3v) is 3.56. The number of nitro groups is 1. The molecule has 0 bridgehead atoms. The first-order valence-corrected chi connectivity index (χ1v) is 6.61. The molecule has 0 spiro atoms. The summed E-state index contributed by atoms with van der Waals surface area (Å²) < 4.78 is 0. The maximum Gasteiger partial charge on any atom is 0.269 e. The van der Waals surface area contributed by atoms with Crippen molar-refractivity contribution in [1.82, 2.24) is 9.99 Å². The Morgan fingerprint density at radius 1 is 1.24 bits per heavy atom. The van der Waals surface area contributed by atoms with E-state index in [2.05, 4.69) is 10.1 Å². The van der Waals surface area contributed by atoms with Gasteiger partial charge in [0.15, 0.2) is 0 Å². The quantitative estimate of drug-likeness (QED) is 0.641. The van der Waals surface area contributed by atoms with Crippen molar-refractivity contribution in [3.05, 3.63) is 70.0 Å². The highest BCUT2D eigenvalue weighted by atomic mass is 16.6. The predicted molar refractivity (Wildman–Crippen MR) is 79.0 cm³/mol. The number of hydrazone groups is 1. The summed E-state index contributed by atoms with van der Waals surface area (Å²) in [5.41, 5.74) is 2.89. The summed E-state index contributed by atoms with van der Waals surface area (Å²) in [4.78, 5) is 14.7. The standard InChI is InChI=1S/C15H14N4O2/c1-18-15(13-4-2-3-9-16-13)10-14(17-18)11-5-7-12(8-6-11)19(20)21/h2-9,15H,10H2,1H3. The van der Waals surface area contributed by atoms with Crippen LogP contribution in [-0.4, -0.2) is 27.7 Å². The molecule has 106 valence electrons. The average molecular weight is 282 g/mol. The summed E-state index contributed by atoms with van der Waals surface area (Å²) >= 11 is 0. The molecule has 1 aliphatic rings. The van der Waals surface area contributed by atoms with Gasteiger partial charge in [-0.3, -0.25) is 20.1 Å². The van der Waals surface area contributed by atoms with Crippen molar-refractivity contribution >= 4 is 11.4 Å². The van der Waals surface area contributed by atoms with Gasteiger partial charge in [-0.25, -0.2) is 0 Å². The molecule has 21 heavy (non-hydrogen) atoms. The van der Waals surface area contributed by atoms with Crippen LogP contribution in [0.25, 0.3) is 0 Å². The molecule has 6 nitrogen and oxygen atoms in total. The molecular weight excluding hydrogens is 268 g/mol. The SMILES string of the molecule is CN1N=C(c2ccc([N+](=O)[O-])cc2)CC1c1ccccn1. The molecule has 3 rings (SSSR count). The van der Waals surface area contributed by atoms with Gasteiger partial charge in [0.1, 0.15) is 0 Å². The van der Waals surface area contributed by atoms with E-state index in [9.17, 15) is 10.1 Å². The fraction of sp³-hybridized carbons (Fsp3) is 0.200.